The second-order valence-corrected chi connectivity index (χ2v) is 7.92. The van der Waals surface area contributed by atoms with Crippen LogP contribution in [0.1, 0.15) is 11.1 Å². The van der Waals surface area contributed by atoms with Crippen LogP contribution >= 0.6 is 11.6 Å². The molecule has 0 bridgehead atoms. The Kier molecular flexibility index (Phi) is 8.04. The van der Waals surface area contributed by atoms with E-state index in [2.05, 4.69) is 10.6 Å². The van der Waals surface area contributed by atoms with Crippen LogP contribution in [0.2, 0.25) is 5.02 Å². The second kappa shape index (κ2) is 10.8. The predicted molar refractivity (Wildman–Crippen MR) is 118 cm³/mol. The first-order valence-electron chi connectivity index (χ1n) is 10.2. The van der Waals surface area contributed by atoms with Crippen LogP contribution in [0.25, 0.3) is 0 Å². The van der Waals surface area contributed by atoms with Crippen LogP contribution in [-0.2, 0) is 17.5 Å². The molecule has 178 valence electrons. The van der Waals surface area contributed by atoms with E-state index in [0.29, 0.717) is 38.5 Å². The Balaban J connectivity index is 1.44. The van der Waals surface area contributed by atoms with Crippen molar-refractivity contribution in [3.63, 3.8) is 0 Å². The molecule has 1 saturated heterocycles. The molecule has 11 heteroatoms. The zero-order valence-corrected chi connectivity index (χ0v) is 18.7. The lowest BCUT2D eigenvalue weighted by atomic mass is 10.2. The lowest BCUT2D eigenvalue weighted by molar-refractivity contribution is -0.137. The maximum atomic E-state index is 13.0. The molecule has 1 fully saturated rings. The Bertz CT molecular complexity index is 995. The van der Waals surface area contributed by atoms with Crippen LogP contribution < -0.4 is 15.4 Å². The first-order valence-corrected chi connectivity index (χ1v) is 10.6. The van der Waals surface area contributed by atoms with Crippen molar-refractivity contribution in [2.45, 2.75) is 12.7 Å². The molecule has 0 atom stereocenters. The van der Waals surface area contributed by atoms with E-state index in [1.54, 1.807) is 12.0 Å². The Morgan fingerprint density at radius 3 is 2.48 bits per heavy atom. The van der Waals surface area contributed by atoms with Crippen molar-refractivity contribution in [3.05, 3.63) is 58.6 Å². The van der Waals surface area contributed by atoms with Gasteiger partial charge in [-0.1, -0.05) is 23.7 Å². The number of anilines is 1. The molecule has 0 saturated carbocycles. The number of hydrogen-bond acceptors (Lipinski definition) is 4. The molecule has 3 amide bonds. The van der Waals surface area contributed by atoms with Gasteiger partial charge in [-0.3, -0.25) is 9.69 Å². The van der Waals surface area contributed by atoms with Gasteiger partial charge in [0, 0.05) is 38.4 Å². The quantitative estimate of drug-likeness (QED) is 0.653. The van der Waals surface area contributed by atoms with Gasteiger partial charge in [-0.25, -0.2) is 4.79 Å². The summed E-state index contributed by atoms with van der Waals surface area (Å²) in [5.41, 5.74) is -0.0725. The minimum atomic E-state index is -4.61. The average molecular weight is 485 g/mol. The summed E-state index contributed by atoms with van der Waals surface area (Å²) >= 11 is 5.60. The summed E-state index contributed by atoms with van der Waals surface area (Å²) in [5.74, 6) is 0.267. The molecule has 1 aliphatic heterocycles. The fraction of sp³-hybridized carbons (Fsp3) is 0.364. The summed E-state index contributed by atoms with van der Waals surface area (Å²) in [6, 6.07) is 10.4. The number of alkyl halides is 3. The average Bonchev–Trinajstić information content (AvgIpc) is 2.78. The molecule has 0 aromatic heterocycles. The summed E-state index contributed by atoms with van der Waals surface area (Å²) < 4.78 is 44.1. The van der Waals surface area contributed by atoms with Gasteiger partial charge in [-0.05, 0) is 35.9 Å². The number of halogens is 4. The number of methoxy groups -OCH3 is 1. The van der Waals surface area contributed by atoms with Crippen molar-refractivity contribution in [2.24, 2.45) is 0 Å². The number of nitrogens with one attached hydrogen (secondary N) is 2. The van der Waals surface area contributed by atoms with Gasteiger partial charge < -0.3 is 20.3 Å². The molecule has 3 rings (SSSR count). The number of piperazine rings is 1. The highest BCUT2D eigenvalue weighted by Gasteiger charge is 2.33. The van der Waals surface area contributed by atoms with Gasteiger partial charge in [0.2, 0.25) is 5.91 Å². The minimum Gasteiger partial charge on any atom is -0.497 e. The van der Waals surface area contributed by atoms with Crippen molar-refractivity contribution in [1.29, 1.82) is 0 Å². The molecule has 0 spiro atoms. The van der Waals surface area contributed by atoms with Gasteiger partial charge in [0.05, 0.1) is 24.2 Å². The Labute approximate surface area is 194 Å². The lowest BCUT2D eigenvalue weighted by Gasteiger charge is -2.34. The van der Waals surface area contributed by atoms with Gasteiger partial charge in [-0.2, -0.15) is 13.2 Å². The molecular weight excluding hydrogens is 461 g/mol. The summed E-state index contributed by atoms with van der Waals surface area (Å²) in [6.07, 6.45) is -4.61. The van der Waals surface area contributed by atoms with Crippen LogP contribution in [0, 0.1) is 0 Å². The zero-order valence-electron chi connectivity index (χ0n) is 17.9. The Hall–Kier alpha value is -2.98. The number of carbonyl (C=O) groups excluding carboxylic acids is 2. The fourth-order valence-electron chi connectivity index (χ4n) is 3.40. The van der Waals surface area contributed by atoms with Crippen LogP contribution in [0.5, 0.6) is 5.75 Å². The number of carbonyl (C=O) groups is 2. The standard InChI is InChI=1S/C22H24ClF3N4O3/c1-33-17-4-2-3-15(11-17)13-27-21(32)30-9-7-29(8-10-30)14-20(31)28-16-5-6-19(23)18(12-16)22(24,25)26/h2-6,11-12H,7-10,13-14H2,1H3,(H,27,32)(H,28,31). The molecule has 0 aliphatic carbocycles. The van der Waals surface area contributed by atoms with Crippen LogP contribution in [0.15, 0.2) is 42.5 Å². The van der Waals surface area contributed by atoms with E-state index >= 15 is 0 Å². The van der Waals surface area contributed by atoms with Crippen molar-refractivity contribution >= 4 is 29.2 Å². The van der Waals surface area contributed by atoms with Crippen molar-refractivity contribution < 1.29 is 27.5 Å². The largest absolute Gasteiger partial charge is 0.497 e. The maximum absolute atomic E-state index is 13.0. The molecule has 1 heterocycles. The molecule has 0 radical (unpaired) electrons. The topological polar surface area (TPSA) is 73.9 Å². The SMILES string of the molecule is COc1cccc(CNC(=O)N2CCN(CC(=O)Nc3ccc(Cl)c(C(F)(F)F)c3)CC2)c1. The number of nitrogens with zero attached hydrogens (tertiary/aromatic N) is 2. The number of ether oxygens (including phenoxy) is 1. The summed E-state index contributed by atoms with van der Waals surface area (Å²) in [5, 5.41) is 4.90. The number of hydrogen-bond donors (Lipinski definition) is 2. The summed E-state index contributed by atoms with van der Waals surface area (Å²) in [6.45, 7) is 2.15. The first-order chi connectivity index (χ1) is 15.7. The summed E-state index contributed by atoms with van der Waals surface area (Å²) in [4.78, 5) is 28.2. The van der Waals surface area contributed by atoms with Crippen LogP contribution in [0.4, 0.5) is 23.7 Å². The van der Waals surface area contributed by atoms with E-state index in [0.717, 1.165) is 17.7 Å². The number of benzene rings is 2. The Morgan fingerprint density at radius 1 is 1.09 bits per heavy atom. The van der Waals surface area contributed by atoms with Crippen molar-refractivity contribution in [3.8, 4) is 5.75 Å². The van der Waals surface area contributed by atoms with E-state index in [9.17, 15) is 22.8 Å². The molecule has 7 nitrogen and oxygen atoms in total. The third-order valence-corrected chi connectivity index (χ3v) is 5.49. The highest BCUT2D eigenvalue weighted by Crippen LogP contribution is 2.36. The zero-order chi connectivity index (χ0) is 24.0. The first kappa shape index (κ1) is 24.7. The van der Waals surface area contributed by atoms with E-state index in [1.165, 1.54) is 6.07 Å². The van der Waals surface area contributed by atoms with Gasteiger partial charge in [0.25, 0.3) is 0 Å². The molecular formula is C22H24ClF3N4O3. The number of amides is 3. The number of rotatable bonds is 6. The normalized spacial score (nSPS) is 14.6. The van der Waals surface area contributed by atoms with Gasteiger partial charge in [0.15, 0.2) is 0 Å². The van der Waals surface area contributed by atoms with E-state index in [-0.39, 0.29) is 18.3 Å². The monoisotopic (exact) mass is 484 g/mol. The molecule has 1 aliphatic rings. The van der Waals surface area contributed by atoms with E-state index in [1.807, 2.05) is 29.2 Å². The van der Waals surface area contributed by atoms with Crippen LogP contribution in [0.3, 0.4) is 0 Å². The predicted octanol–water partition coefficient (Wildman–Crippen LogP) is 3.83. The third-order valence-electron chi connectivity index (χ3n) is 5.16. The maximum Gasteiger partial charge on any atom is 0.417 e. The highest BCUT2D eigenvalue weighted by atomic mass is 35.5. The Morgan fingerprint density at radius 2 is 1.82 bits per heavy atom. The third kappa shape index (κ3) is 7.00. The minimum absolute atomic E-state index is 0.00322. The molecule has 33 heavy (non-hydrogen) atoms. The highest BCUT2D eigenvalue weighted by molar-refractivity contribution is 6.31. The molecule has 2 N–H and O–H groups in total. The molecule has 0 unspecified atom stereocenters. The summed E-state index contributed by atoms with van der Waals surface area (Å²) in [7, 11) is 1.58. The van der Waals surface area contributed by atoms with E-state index in [4.69, 9.17) is 16.3 Å². The molecule has 2 aromatic carbocycles. The van der Waals surface area contributed by atoms with Gasteiger partial charge >= 0.3 is 12.2 Å². The molecule has 2 aromatic rings. The van der Waals surface area contributed by atoms with Crippen LogP contribution in [-0.4, -0.2) is 61.6 Å². The number of urea groups is 1. The van der Waals surface area contributed by atoms with E-state index < -0.39 is 22.7 Å². The lowest BCUT2D eigenvalue weighted by Crippen LogP contribution is -2.52. The second-order valence-electron chi connectivity index (χ2n) is 7.51. The smallest absolute Gasteiger partial charge is 0.417 e. The fourth-order valence-corrected chi connectivity index (χ4v) is 3.63. The van der Waals surface area contributed by atoms with Crippen molar-refractivity contribution in [2.75, 3.05) is 45.2 Å². The van der Waals surface area contributed by atoms with Gasteiger partial charge in [0.1, 0.15) is 5.75 Å². The van der Waals surface area contributed by atoms with Gasteiger partial charge in [-0.15, -0.1) is 0 Å². The van der Waals surface area contributed by atoms with Crippen molar-refractivity contribution in [1.82, 2.24) is 15.1 Å².